The smallest absolute Gasteiger partial charge is 0.264 e. The molecule has 1 N–H and O–H groups in total. The molecule has 0 spiro atoms. The predicted octanol–water partition coefficient (Wildman–Crippen LogP) is 2.74. The summed E-state index contributed by atoms with van der Waals surface area (Å²) in [5, 5.41) is 4.68. The fourth-order valence-corrected chi connectivity index (χ4v) is 3.82. The van der Waals surface area contributed by atoms with E-state index in [4.69, 9.17) is 0 Å². The van der Waals surface area contributed by atoms with Gasteiger partial charge in [-0.1, -0.05) is 6.07 Å². The van der Waals surface area contributed by atoms with E-state index in [2.05, 4.69) is 5.32 Å². The lowest BCUT2D eigenvalue weighted by Crippen LogP contribution is -2.40. The van der Waals surface area contributed by atoms with Crippen molar-refractivity contribution in [1.82, 2.24) is 10.2 Å². The van der Waals surface area contributed by atoms with Gasteiger partial charge in [0.1, 0.15) is 0 Å². The molecule has 8 heteroatoms. The van der Waals surface area contributed by atoms with Crippen molar-refractivity contribution in [3.8, 4) is 0 Å². The van der Waals surface area contributed by atoms with Gasteiger partial charge in [0.05, 0.1) is 11.4 Å². The Kier molecular flexibility index (Phi) is 6.05. The number of thiophene rings is 1. The SMILES string of the molecule is CN(CC(=O)NCC1CCN(c2ccc(F)c(F)c2)C1)C(=O)c1cccs1. The van der Waals surface area contributed by atoms with Crippen LogP contribution >= 0.6 is 11.3 Å². The molecule has 0 saturated carbocycles. The van der Waals surface area contributed by atoms with E-state index in [-0.39, 0.29) is 24.3 Å². The minimum Gasteiger partial charge on any atom is -0.371 e. The highest BCUT2D eigenvalue weighted by molar-refractivity contribution is 7.12. The van der Waals surface area contributed by atoms with Gasteiger partial charge in [0.25, 0.3) is 5.91 Å². The Balaban J connectivity index is 1.44. The van der Waals surface area contributed by atoms with Gasteiger partial charge in [-0.2, -0.15) is 0 Å². The number of nitrogens with zero attached hydrogens (tertiary/aromatic N) is 2. The minimum absolute atomic E-state index is 0.00363. The molecule has 1 aliphatic heterocycles. The number of carbonyl (C=O) groups excluding carboxylic acids is 2. The summed E-state index contributed by atoms with van der Waals surface area (Å²) in [6.07, 6.45) is 0.850. The maximum absolute atomic E-state index is 13.4. The summed E-state index contributed by atoms with van der Waals surface area (Å²) < 4.78 is 26.4. The van der Waals surface area contributed by atoms with E-state index in [9.17, 15) is 18.4 Å². The predicted molar refractivity (Wildman–Crippen MR) is 101 cm³/mol. The van der Waals surface area contributed by atoms with Crippen LogP contribution in [-0.4, -0.2) is 49.9 Å². The van der Waals surface area contributed by atoms with Crippen molar-refractivity contribution in [3.05, 3.63) is 52.2 Å². The first-order valence-electron chi connectivity index (χ1n) is 8.69. The van der Waals surface area contributed by atoms with E-state index in [1.165, 1.54) is 22.3 Å². The molecule has 1 unspecified atom stereocenters. The van der Waals surface area contributed by atoms with E-state index in [0.717, 1.165) is 19.0 Å². The lowest BCUT2D eigenvalue weighted by Gasteiger charge is -2.20. The van der Waals surface area contributed by atoms with Gasteiger partial charge in [-0.3, -0.25) is 9.59 Å². The standard InChI is InChI=1S/C19H21F2N3O2S/c1-23(19(26)17-3-2-8-27-17)12-18(25)22-10-13-6-7-24(11-13)14-4-5-15(20)16(21)9-14/h2-5,8-9,13H,6-7,10-12H2,1H3,(H,22,25). The molecule has 0 radical (unpaired) electrons. The van der Waals surface area contributed by atoms with E-state index >= 15 is 0 Å². The highest BCUT2D eigenvalue weighted by Gasteiger charge is 2.24. The second-order valence-corrected chi connectivity index (χ2v) is 7.59. The van der Waals surface area contributed by atoms with Crippen LogP contribution in [0.25, 0.3) is 0 Å². The van der Waals surface area contributed by atoms with E-state index in [1.807, 2.05) is 10.3 Å². The monoisotopic (exact) mass is 393 g/mol. The highest BCUT2D eigenvalue weighted by atomic mass is 32.1. The van der Waals surface area contributed by atoms with Gasteiger partial charge in [0.15, 0.2) is 11.6 Å². The lowest BCUT2D eigenvalue weighted by molar-refractivity contribution is -0.121. The van der Waals surface area contributed by atoms with Crippen LogP contribution in [0.15, 0.2) is 35.7 Å². The molecule has 0 bridgehead atoms. The van der Waals surface area contributed by atoms with Crippen molar-refractivity contribution in [1.29, 1.82) is 0 Å². The second kappa shape index (κ2) is 8.47. The van der Waals surface area contributed by atoms with Crippen LogP contribution in [0, 0.1) is 17.6 Å². The van der Waals surface area contributed by atoms with Gasteiger partial charge >= 0.3 is 0 Å². The molecule has 1 atom stereocenters. The number of hydrogen-bond donors (Lipinski definition) is 1. The van der Waals surface area contributed by atoms with Gasteiger partial charge in [0.2, 0.25) is 5.91 Å². The Hall–Kier alpha value is -2.48. The molecular formula is C19H21F2N3O2S. The summed E-state index contributed by atoms with van der Waals surface area (Å²) in [6, 6.07) is 7.41. The number of nitrogens with one attached hydrogen (secondary N) is 1. The molecule has 1 saturated heterocycles. The molecule has 1 aliphatic rings. The van der Waals surface area contributed by atoms with Crippen LogP contribution in [0.5, 0.6) is 0 Å². The topological polar surface area (TPSA) is 52.7 Å². The van der Waals surface area contributed by atoms with Crippen LogP contribution in [-0.2, 0) is 4.79 Å². The van der Waals surface area contributed by atoms with Gasteiger partial charge in [0, 0.05) is 38.4 Å². The Labute approximate surface area is 160 Å². The summed E-state index contributed by atoms with van der Waals surface area (Å²) in [5.74, 6) is -1.88. The second-order valence-electron chi connectivity index (χ2n) is 6.64. The van der Waals surface area contributed by atoms with Crippen molar-refractivity contribution in [2.45, 2.75) is 6.42 Å². The molecule has 3 rings (SSSR count). The molecule has 2 heterocycles. The zero-order chi connectivity index (χ0) is 19.4. The average Bonchev–Trinajstić information content (AvgIpc) is 3.33. The fraction of sp³-hybridized carbons (Fsp3) is 0.368. The van der Waals surface area contributed by atoms with E-state index in [1.54, 1.807) is 25.2 Å². The van der Waals surface area contributed by atoms with Crippen LogP contribution in [0.2, 0.25) is 0 Å². The number of rotatable bonds is 6. The summed E-state index contributed by atoms with van der Waals surface area (Å²) in [7, 11) is 1.60. The maximum Gasteiger partial charge on any atom is 0.264 e. The Morgan fingerprint density at radius 2 is 2.11 bits per heavy atom. The maximum atomic E-state index is 13.4. The molecule has 1 fully saturated rings. The third kappa shape index (κ3) is 4.82. The summed E-state index contributed by atoms with van der Waals surface area (Å²) in [5.41, 5.74) is 0.643. The molecule has 144 valence electrons. The number of carbonyl (C=O) groups is 2. The lowest BCUT2D eigenvalue weighted by atomic mass is 10.1. The zero-order valence-electron chi connectivity index (χ0n) is 15.0. The Bertz CT molecular complexity index is 813. The number of likely N-dealkylation sites (N-methyl/N-ethyl adjacent to an activating group) is 1. The number of hydrogen-bond acceptors (Lipinski definition) is 4. The molecule has 1 aromatic heterocycles. The summed E-state index contributed by atoms with van der Waals surface area (Å²) in [4.78, 5) is 28.2. The van der Waals surface area contributed by atoms with Crippen molar-refractivity contribution in [3.63, 3.8) is 0 Å². The molecular weight excluding hydrogens is 372 g/mol. The normalized spacial score (nSPS) is 16.4. The largest absolute Gasteiger partial charge is 0.371 e. The van der Waals surface area contributed by atoms with Crippen LogP contribution < -0.4 is 10.2 Å². The van der Waals surface area contributed by atoms with Gasteiger partial charge in [-0.25, -0.2) is 8.78 Å². The quantitative estimate of drug-likeness (QED) is 0.821. The number of amides is 2. The molecule has 2 aromatic rings. The summed E-state index contributed by atoms with van der Waals surface area (Å²) >= 11 is 1.34. The van der Waals surface area contributed by atoms with Crippen molar-refractivity contribution in [2.24, 2.45) is 5.92 Å². The fourth-order valence-electron chi connectivity index (χ4n) is 3.11. The Morgan fingerprint density at radius 3 is 2.81 bits per heavy atom. The molecule has 27 heavy (non-hydrogen) atoms. The molecule has 0 aliphatic carbocycles. The van der Waals surface area contributed by atoms with E-state index < -0.39 is 11.6 Å². The first-order valence-corrected chi connectivity index (χ1v) is 9.57. The number of benzene rings is 1. The summed E-state index contributed by atoms with van der Waals surface area (Å²) in [6.45, 7) is 1.87. The molecule has 2 amide bonds. The first kappa shape index (κ1) is 19.3. The zero-order valence-corrected chi connectivity index (χ0v) is 15.8. The third-order valence-corrected chi connectivity index (χ3v) is 5.46. The van der Waals surface area contributed by atoms with E-state index in [0.29, 0.717) is 23.7 Å². The van der Waals surface area contributed by atoms with Gasteiger partial charge in [-0.15, -0.1) is 11.3 Å². The van der Waals surface area contributed by atoms with Crippen molar-refractivity contribution in [2.75, 3.05) is 38.1 Å². The van der Waals surface area contributed by atoms with Crippen LogP contribution in [0.1, 0.15) is 16.1 Å². The first-order chi connectivity index (χ1) is 12.9. The number of halogens is 2. The van der Waals surface area contributed by atoms with Gasteiger partial charge in [-0.05, 0) is 35.9 Å². The molecule has 1 aromatic carbocycles. The van der Waals surface area contributed by atoms with Crippen molar-refractivity contribution >= 4 is 28.8 Å². The Morgan fingerprint density at radius 1 is 1.30 bits per heavy atom. The van der Waals surface area contributed by atoms with Gasteiger partial charge < -0.3 is 15.1 Å². The highest BCUT2D eigenvalue weighted by Crippen LogP contribution is 2.25. The third-order valence-electron chi connectivity index (χ3n) is 4.60. The molecule has 5 nitrogen and oxygen atoms in total. The average molecular weight is 393 g/mol. The minimum atomic E-state index is -0.859. The van der Waals surface area contributed by atoms with Crippen molar-refractivity contribution < 1.29 is 18.4 Å². The van der Waals surface area contributed by atoms with Crippen LogP contribution in [0.4, 0.5) is 14.5 Å². The van der Waals surface area contributed by atoms with Crippen LogP contribution in [0.3, 0.4) is 0 Å². The number of anilines is 1.